The Bertz CT molecular complexity index is 1590. The molecule has 2 aromatic rings. The van der Waals surface area contributed by atoms with Crippen molar-refractivity contribution < 1.29 is 71.0 Å². The molecule has 2 amide bonds. The van der Waals surface area contributed by atoms with Gasteiger partial charge in [-0.2, -0.15) is 12.6 Å². The van der Waals surface area contributed by atoms with E-state index in [1.807, 2.05) is 0 Å². The van der Waals surface area contributed by atoms with E-state index in [2.05, 4.69) is 56.1 Å². The molecule has 0 saturated heterocycles. The van der Waals surface area contributed by atoms with Crippen LogP contribution in [0.25, 0.3) is 11.2 Å². The standard InChI is InChI=1S/C22H38N7O15P3S/c1-22(2,18(32)21(33)25-4-3-14(30)24-5-6-48)9-42-47(39,40)44-46(37,38)41-8-12-7-13(16(31)17(12)43-45(34,35)36)29-11-28-15-19(23)26-10-27-20(15)29/h10-13,16-18,31-32,48H,3-9H2,1-2H3,(H,24,30)(H,25,33)(H,37,38)(H,39,40)(H2,23,26,27)(H2,34,35,36)/p-3/t12-,13-,16?,17?,18+/m1/s1. The third-order valence-electron chi connectivity index (χ3n) is 7.05. The van der Waals surface area contributed by atoms with Gasteiger partial charge >= 0.3 is 0 Å². The molecule has 2 heterocycles. The summed E-state index contributed by atoms with van der Waals surface area (Å²) in [5, 5.41) is 26.1. The van der Waals surface area contributed by atoms with Crippen molar-refractivity contribution in [3.8, 4) is 0 Å². The number of aliphatic hydroxyl groups is 2. The van der Waals surface area contributed by atoms with Crippen LogP contribution in [0.2, 0.25) is 0 Å². The smallest absolute Gasteiger partial charge is 0.274 e. The molecular formula is C22H35N7O15P3S-3. The number of hydrogen-bond donors (Lipinski definition) is 7. The fraction of sp³-hybridized carbons (Fsp3) is 0.682. The molecule has 1 aliphatic carbocycles. The predicted molar refractivity (Wildman–Crippen MR) is 160 cm³/mol. The number of aliphatic hydroxyl groups excluding tert-OH is 2. The second kappa shape index (κ2) is 16.3. The SMILES string of the molecule is CC(C)(COP(=O)([O-])OP(=O)([O-])OC[C@H]1C[C@@H](n2cnc3c(N)ncnc32)C(O)C1OP(=O)([O-])O)[C@@H](O)C(=O)NCCC(=O)NCCS. The number of nitrogens with one attached hydrogen (secondary N) is 2. The summed E-state index contributed by atoms with van der Waals surface area (Å²) in [5.74, 6) is -2.26. The van der Waals surface area contributed by atoms with E-state index in [0.717, 1.165) is 6.33 Å². The molecule has 0 aliphatic heterocycles. The number of hydrogen-bond acceptors (Lipinski definition) is 19. The van der Waals surface area contributed by atoms with Gasteiger partial charge in [-0.25, -0.2) is 19.3 Å². The average molecular weight is 763 g/mol. The predicted octanol–water partition coefficient (Wildman–Crippen LogP) is -2.90. The largest absolute Gasteiger partial charge is 0.756 e. The molecule has 1 saturated carbocycles. The van der Waals surface area contributed by atoms with Crippen molar-refractivity contribution in [2.24, 2.45) is 11.3 Å². The highest BCUT2D eigenvalue weighted by Crippen LogP contribution is 2.57. The van der Waals surface area contributed by atoms with Gasteiger partial charge in [0.15, 0.2) is 11.5 Å². The molecule has 2 aromatic heterocycles. The number of anilines is 1. The van der Waals surface area contributed by atoms with E-state index in [-0.39, 0.29) is 42.3 Å². The molecule has 0 spiro atoms. The van der Waals surface area contributed by atoms with Crippen molar-refractivity contribution in [2.45, 2.75) is 51.0 Å². The number of fused-ring (bicyclic) bond motifs is 1. The van der Waals surface area contributed by atoms with Gasteiger partial charge in [0.25, 0.3) is 23.5 Å². The minimum Gasteiger partial charge on any atom is -0.756 e. The van der Waals surface area contributed by atoms with E-state index in [9.17, 15) is 53.1 Å². The highest BCUT2D eigenvalue weighted by Gasteiger charge is 2.47. The van der Waals surface area contributed by atoms with Gasteiger partial charge in [-0.3, -0.25) is 23.3 Å². The molecule has 1 fully saturated rings. The van der Waals surface area contributed by atoms with Crippen molar-refractivity contribution in [3.63, 3.8) is 0 Å². The van der Waals surface area contributed by atoms with Crippen LogP contribution in [0.15, 0.2) is 12.7 Å². The number of carbonyl (C=O) groups excluding carboxylic acids is 2. The van der Waals surface area contributed by atoms with Gasteiger partial charge in [0.1, 0.15) is 24.1 Å². The van der Waals surface area contributed by atoms with E-state index in [4.69, 9.17) is 5.73 Å². The number of phosphoric ester groups is 3. The third kappa shape index (κ3) is 11.2. The van der Waals surface area contributed by atoms with Gasteiger partial charge in [0, 0.05) is 36.6 Å². The minimum atomic E-state index is -5.79. The Hall–Kier alpha value is -2.07. The Morgan fingerprint density at radius 2 is 1.81 bits per heavy atom. The number of phosphoric acid groups is 3. The number of aromatic nitrogens is 4. The molecule has 5 unspecified atom stereocenters. The molecular weight excluding hydrogens is 727 g/mol. The summed E-state index contributed by atoms with van der Waals surface area (Å²) in [6.07, 6.45) is -3.44. The lowest BCUT2D eigenvalue weighted by Gasteiger charge is -2.35. The lowest BCUT2D eigenvalue weighted by atomic mass is 9.87. The lowest BCUT2D eigenvalue weighted by Crippen LogP contribution is -2.46. The Kier molecular flexibility index (Phi) is 13.7. The van der Waals surface area contributed by atoms with E-state index < -0.39 is 78.3 Å². The summed E-state index contributed by atoms with van der Waals surface area (Å²) >= 11 is 3.94. The van der Waals surface area contributed by atoms with Crippen LogP contribution in [0, 0.1) is 11.3 Å². The fourth-order valence-electron chi connectivity index (χ4n) is 4.65. The van der Waals surface area contributed by atoms with Crippen LogP contribution in [-0.2, 0) is 41.2 Å². The van der Waals surface area contributed by atoms with Crippen molar-refractivity contribution in [2.75, 3.05) is 37.8 Å². The van der Waals surface area contributed by atoms with E-state index in [1.54, 1.807) is 0 Å². The number of nitrogens with two attached hydrogens (primary N) is 1. The molecule has 0 radical (unpaired) electrons. The second-order valence-electron chi connectivity index (χ2n) is 11.2. The van der Waals surface area contributed by atoms with Crippen LogP contribution < -0.4 is 31.0 Å². The number of rotatable bonds is 18. The molecule has 26 heteroatoms. The highest BCUT2D eigenvalue weighted by molar-refractivity contribution is 7.80. The molecule has 0 aromatic carbocycles. The number of nitrogens with zero attached hydrogens (tertiary/aromatic N) is 4. The Balaban J connectivity index is 1.61. The summed E-state index contributed by atoms with van der Waals surface area (Å²) in [6, 6.07) is -1.07. The van der Waals surface area contributed by atoms with E-state index >= 15 is 0 Å². The molecule has 22 nitrogen and oxygen atoms in total. The van der Waals surface area contributed by atoms with Crippen LogP contribution >= 0.6 is 36.1 Å². The van der Waals surface area contributed by atoms with Crippen LogP contribution in [0.3, 0.4) is 0 Å². The maximum Gasteiger partial charge on any atom is 0.274 e. The number of carbonyl (C=O) groups is 2. The molecule has 0 bridgehead atoms. The van der Waals surface area contributed by atoms with Crippen molar-refractivity contribution in [3.05, 3.63) is 12.7 Å². The first-order valence-electron chi connectivity index (χ1n) is 14.0. The minimum absolute atomic E-state index is 0.00489. The number of imidazole rings is 1. The average Bonchev–Trinajstić information content (AvgIpc) is 3.54. The normalized spacial score (nSPS) is 24.4. The highest BCUT2D eigenvalue weighted by atomic mass is 32.1. The first-order chi connectivity index (χ1) is 22.2. The van der Waals surface area contributed by atoms with Crippen LogP contribution in [0.1, 0.15) is 32.7 Å². The summed E-state index contributed by atoms with van der Waals surface area (Å²) in [5.41, 5.74) is 4.41. The first kappa shape index (κ1) is 40.4. The summed E-state index contributed by atoms with van der Waals surface area (Å²) in [4.78, 5) is 81.4. The van der Waals surface area contributed by atoms with E-state index in [0.29, 0.717) is 12.3 Å². The quantitative estimate of drug-likeness (QED) is 0.0591. The van der Waals surface area contributed by atoms with Gasteiger partial charge in [-0.15, -0.1) is 0 Å². The zero-order valence-corrected chi connectivity index (χ0v) is 29.0. The Labute approximate surface area is 278 Å². The molecule has 8 atom stereocenters. The van der Waals surface area contributed by atoms with Crippen LogP contribution in [0.4, 0.5) is 5.82 Å². The fourth-order valence-corrected chi connectivity index (χ4v) is 7.59. The summed E-state index contributed by atoms with van der Waals surface area (Å²) in [6.45, 7) is 0.671. The zero-order chi connectivity index (χ0) is 36.1. The van der Waals surface area contributed by atoms with Gasteiger partial charge < -0.3 is 64.3 Å². The third-order valence-corrected chi connectivity index (χ3v) is 10.3. The van der Waals surface area contributed by atoms with Gasteiger partial charge in [-0.05, 0) is 6.42 Å². The molecule has 3 rings (SSSR count). The summed E-state index contributed by atoms with van der Waals surface area (Å²) in [7, 11) is -17.0. The number of nitrogen functional groups attached to an aromatic ring is 1. The topological polar surface area (TPSA) is 346 Å². The van der Waals surface area contributed by atoms with Gasteiger partial charge in [0.05, 0.1) is 31.7 Å². The molecule has 7 N–H and O–H groups in total. The van der Waals surface area contributed by atoms with Gasteiger partial charge in [0.2, 0.25) is 11.8 Å². The van der Waals surface area contributed by atoms with Crippen molar-refractivity contribution in [1.29, 1.82) is 0 Å². The summed E-state index contributed by atoms with van der Waals surface area (Å²) < 4.78 is 55.6. The Morgan fingerprint density at radius 3 is 2.46 bits per heavy atom. The van der Waals surface area contributed by atoms with E-state index in [1.165, 1.54) is 24.7 Å². The first-order valence-corrected chi connectivity index (χ1v) is 19.0. The van der Waals surface area contributed by atoms with Crippen molar-refractivity contribution in [1.82, 2.24) is 30.2 Å². The molecule has 1 aliphatic rings. The monoisotopic (exact) mass is 762 g/mol. The van der Waals surface area contributed by atoms with Gasteiger partial charge in [-0.1, -0.05) is 13.8 Å². The second-order valence-corrected chi connectivity index (χ2v) is 15.8. The Morgan fingerprint density at radius 1 is 1.15 bits per heavy atom. The molecule has 48 heavy (non-hydrogen) atoms. The number of thiol groups is 1. The zero-order valence-electron chi connectivity index (χ0n) is 25.4. The maximum absolute atomic E-state index is 12.5. The van der Waals surface area contributed by atoms with Crippen LogP contribution in [0.5, 0.6) is 0 Å². The lowest BCUT2D eigenvalue weighted by molar-refractivity contribution is -0.246. The molecule has 272 valence electrons. The van der Waals surface area contributed by atoms with Crippen LogP contribution in [-0.4, -0.2) is 96.8 Å². The number of amides is 2. The van der Waals surface area contributed by atoms with Crippen molar-refractivity contribution >= 4 is 64.9 Å². The maximum atomic E-state index is 12.5.